The van der Waals surface area contributed by atoms with E-state index in [1.54, 1.807) is 12.1 Å². The molecule has 2 saturated heterocycles. The minimum Gasteiger partial charge on any atom is -0.502 e. The first-order valence-corrected chi connectivity index (χ1v) is 6.38. The fourth-order valence-corrected chi connectivity index (χ4v) is 2.82. The third-order valence-corrected chi connectivity index (χ3v) is 3.91. The Hall–Kier alpha value is -1.95. The highest BCUT2D eigenvalue weighted by Crippen LogP contribution is 2.46. The predicted octanol–water partition coefficient (Wildman–Crippen LogP) is 1.27. The van der Waals surface area contributed by atoms with Crippen molar-refractivity contribution in [2.45, 2.75) is 6.10 Å². The second-order valence-corrected chi connectivity index (χ2v) is 4.93. The monoisotopic (exact) mass is 280 g/mol. The second-order valence-electron chi connectivity index (χ2n) is 4.93. The van der Waals surface area contributed by atoms with Gasteiger partial charge in [0, 0.05) is 5.92 Å². The fraction of sp³-hybridized carbons (Fsp3) is 0.500. The molecule has 1 aromatic rings. The van der Waals surface area contributed by atoms with E-state index in [4.69, 9.17) is 18.9 Å². The molecule has 6 nitrogen and oxygen atoms in total. The van der Waals surface area contributed by atoms with Crippen molar-refractivity contribution in [2.24, 2.45) is 11.8 Å². The summed E-state index contributed by atoms with van der Waals surface area (Å²) in [7, 11) is 2.94. The summed E-state index contributed by atoms with van der Waals surface area (Å²) in [5.41, 5.74) is 0.808. The van der Waals surface area contributed by atoms with E-state index in [1.807, 2.05) is 0 Å². The van der Waals surface area contributed by atoms with E-state index in [9.17, 15) is 9.90 Å². The smallest absolute Gasteiger partial charge is 0.311 e. The average Bonchev–Trinajstić information content (AvgIpc) is 3.03. The molecule has 0 saturated carbocycles. The van der Waals surface area contributed by atoms with Crippen molar-refractivity contribution in [1.82, 2.24) is 0 Å². The number of methoxy groups -OCH3 is 2. The van der Waals surface area contributed by atoms with Gasteiger partial charge in [-0.25, -0.2) is 0 Å². The molecule has 2 fully saturated rings. The van der Waals surface area contributed by atoms with Gasteiger partial charge in [0.2, 0.25) is 5.75 Å². The van der Waals surface area contributed by atoms with Gasteiger partial charge in [-0.05, 0) is 17.7 Å². The van der Waals surface area contributed by atoms with Crippen molar-refractivity contribution < 1.29 is 28.8 Å². The minimum absolute atomic E-state index is 0.00135. The number of hydrogen-bond donors (Lipinski definition) is 1. The maximum absolute atomic E-state index is 11.5. The number of benzene rings is 1. The summed E-state index contributed by atoms with van der Waals surface area (Å²) in [6, 6.07) is 3.40. The Labute approximate surface area is 116 Å². The topological polar surface area (TPSA) is 74.2 Å². The molecular weight excluding hydrogens is 264 g/mol. The molecule has 2 aliphatic rings. The molecule has 108 valence electrons. The van der Waals surface area contributed by atoms with Gasteiger partial charge >= 0.3 is 5.97 Å². The van der Waals surface area contributed by atoms with Gasteiger partial charge in [0.1, 0.15) is 0 Å². The molecule has 3 atom stereocenters. The van der Waals surface area contributed by atoms with Gasteiger partial charge in [0.25, 0.3) is 0 Å². The number of fused-ring (bicyclic) bond motifs is 1. The standard InChI is InChI=1S/C14H16O6/c1-17-10-3-7(4-11(18-2)12(10)15)13-8-5-20-14(16)9(8)6-19-13/h3-4,8-9,13,15H,5-6H2,1-2H3/t8-,9-,13+/m1/s1. The summed E-state index contributed by atoms with van der Waals surface area (Å²) >= 11 is 0. The molecule has 0 radical (unpaired) electrons. The molecular formula is C14H16O6. The van der Waals surface area contributed by atoms with Crippen molar-refractivity contribution in [1.29, 1.82) is 0 Å². The van der Waals surface area contributed by atoms with Crippen molar-refractivity contribution in [3.8, 4) is 17.2 Å². The number of cyclic esters (lactones) is 1. The SMILES string of the molecule is COc1cc([C@@H]2OC[C@H]3C(=O)OC[C@H]32)cc(OC)c1O. The van der Waals surface area contributed by atoms with Crippen LogP contribution in [0, 0.1) is 11.8 Å². The molecule has 0 aliphatic carbocycles. The summed E-state index contributed by atoms with van der Waals surface area (Å²) < 4.78 is 21.1. The largest absolute Gasteiger partial charge is 0.502 e. The highest BCUT2D eigenvalue weighted by Gasteiger charge is 2.48. The van der Waals surface area contributed by atoms with Crippen LogP contribution in [0.1, 0.15) is 11.7 Å². The average molecular weight is 280 g/mol. The zero-order valence-corrected chi connectivity index (χ0v) is 11.3. The Bertz CT molecular complexity index is 515. The van der Waals surface area contributed by atoms with Crippen LogP contribution >= 0.6 is 0 Å². The number of carbonyl (C=O) groups excluding carboxylic acids is 1. The molecule has 0 bridgehead atoms. The molecule has 0 unspecified atom stereocenters. The molecule has 2 aliphatic heterocycles. The zero-order chi connectivity index (χ0) is 14.3. The molecule has 1 aromatic carbocycles. The van der Waals surface area contributed by atoms with Crippen LogP contribution in [0.2, 0.25) is 0 Å². The van der Waals surface area contributed by atoms with Crippen LogP contribution in [0.3, 0.4) is 0 Å². The van der Waals surface area contributed by atoms with Gasteiger partial charge in [0.15, 0.2) is 11.5 Å². The maximum Gasteiger partial charge on any atom is 0.311 e. The lowest BCUT2D eigenvalue weighted by molar-refractivity contribution is -0.142. The maximum atomic E-state index is 11.5. The number of carbonyl (C=O) groups is 1. The molecule has 3 rings (SSSR count). The van der Waals surface area contributed by atoms with Gasteiger partial charge < -0.3 is 24.1 Å². The lowest BCUT2D eigenvalue weighted by Crippen LogP contribution is -2.14. The summed E-state index contributed by atoms with van der Waals surface area (Å²) in [5, 5.41) is 9.92. The first kappa shape index (κ1) is 13.1. The lowest BCUT2D eigenvalue weighted by atomic mass is 9.90. The van der Waals surface area contributed by atoms with Crippen molar-refractivity contribution in [3.05, 3.63) is 17.7 Å². The Balaban J connectivity index is 1.96. The van der Waals surface area contributed by atoms with Gasteiger partial charge in [-0.15, -0.1) is 0 Å². The van der Waals surface area contributed by atoms with Crippen molar-refractivity contribution in [2.75, 3.05) is 27.4 Å². The van der Waals surface area contributed by atoms with Gasteiger partial charge in [-0.2, -0.15) is 0 Å². The number of hydrogen-bond acceptors (Lipinski definition) is 6. The minimum atomic E-state index is -0.255. The van der Waals surface area contributed by atoms with Crippen molar-refractivity contribution in [3.63, 3.8) is 0 Å². The summed E-state index contributed by atoms with van der Waals surface area (Å²) in [6.45, 7) is 0.722. The Morgan fingerprint density at radius 2 is 1.85 bits per heavy atom. The number of phenolic OH excluding ortho intramolecular Hbond substituents is 1. The quantitative estimate of drug-likeness (QED) is 0.840. The summed E-state index contributed by atoms with van der Waals surface area (Å²) in [6.07, 6.45) is -0.255. The highest BCUT2D eigenvalue weighted by molar-refractivity contribution is 5.75. The van der Waals surface area contributed by atoms with Gasteiger partial charge in [-0.3, -0.25) is 4.79 Å². The lowest BCUT2D eigenvalue weighted by Gasteiger charge is -2.18. The number of aromatic hydroxyl groups is 1. The van der Waals surface area contributed by atoms with Gasteiger partial charge in [-0.1, -0.05) is 0 Å². The first-order chi connectivity index (χ1) is 9.65. The highest BCUT2D eigenvalue weighted by atomic mass is 16.6. The molecule has 2 heterocycles. The van der Waals surface area contributed by atoms with E-state index in [0.717, 1.165) is 5.56 Å². The summed E-state index contributed by atoms with van der Waals surface area (Å²) in [5.74, 6) is 0.183. The van der Waals surface area contributed by atoms with Crippen LogP contribution in [0.15, 0.2) is 12.1 Å². The number of esters is 1. The van der Waals surface area contributed by atoms with E-state index in [-0.39, 0.29) is 29.7 Å². The van der Waals surface area contributed by atoms with Crippen LogP contribution in [0.25, 0.3) is 0 Å². The second kappa shape index (κ2) is 4.86. The van der Waals surface area contributed by atoms with Crippen LogP contribution in [-0.2, 0) is 14.3 Å². The molecule has 20 heavy (non-hydrogen) atoms. The third-order valence-electron chi connectivity index (χ3n) is 3.91. The molecule has 0 spiro atoms. The Morgan fingerprint density at radius 3 is 2.45 bits per heavy atom. The predicted molar refractivity (Wildman–Crippen MR) is 67.8 cm³/mol. The van der Waals surface area contributed by atoms with E-state index >= 15 is 0 Å². The molecule has 0 amide bonds. The van der Waals surface area contributed by atoms with E-state index in [2.05, 4.69) is 0 Å². The Morgan fingerprint density at radius 1 is 1.20 bits per heavy atom. The van der Waals surface area contributed by atoms with Crippen LogP contribution in [0.4, 0.5) is 0 Å². The van der Waals surface area contributed by atoms with Crippen LogP contribution in [-0.4, -0.2) is 38.5 Å². The summed E-state index contributed by atoms with van der Waals surface area (Å²) in [4.78, 5) is 11.5. The van der Waals surface area contributed by atoms with Gasteiger partial charge in [0.05, 0.1) is 39.5 Å². The fourth-order valence-electron chi connectivity index (χ4n) is 2.82. The Kier molecular flexibility index (Phi) is 3.17. The van der Waals surface area contributed by atoms with Crippen LogP contribution < -0.4 is 9.47 Å². The van der Waals surface area contributed by atoms with E-state index < -0.39 is 0 Å². The number of ether oxygens (including phenoxy) is 4. The first-order valence-electron chi connectivity index (χ1n) is 6.38. The third kappa shape index (κ3) is 1.87. The molecule has 1 N–H and O–H groups in total. The number of phenols is 1. The normalized spacial score (nSPS) is 28.1. The van der Waals surface area contributed by atoms with Crippen LogP contribution in [0.5, 0.6) is 17.2 Å². The van der Waals surface area contributed by atoms with E-state index in [0.29, 0.717) is 24.7 Å². The van der Waals surface area contributed by atoms with Crippen molar-refractivity contribution >= 4 is 5.97 Å². The zero-order valence-electron chi connectivity index (χ0n) is 11.3. The molecule has 6 heteroatoms. The number of rotatable bonds is 3. The molecule has 0 aromatic heterocycles. The van der Waals surface area contributed by atoms with E-state index in [1.165, 1.54) is 14.2 Å².